The third-order valence-electron chi connectivity index (χ3n) is 3.57. The molecular weight excluding hydrogens is 234 g/mol. The Morgan fingerprint density at radius 3 is 2.82 bits per heavy atom. The maximum atomic E-state index is 5.96. The summed E-state index contributed by atoms with van der Waals surface area (Å²) in [7, 11) is 0. The van der Waals surface area contributed by atoms with Gasteiger partial charge >= 0.3 is 0 Å². The van der Waals surface area contributed by atoms with Gasteiger partial charge in [-0.1, -0.05) is 0 Å². The molecular formula is C12H19N3OS. The molecule has 2 aliphatic carbocycles. The summed E-state index contributed by atoms with van der Waals surface area (Å²) < 4.78 is 10.5. The summed E-state index contributed by atoms with van der Waals surface area (Å²) in [5.41, 5.74) is -0.186. The first-order valence-electron chi connectivity index (χ1n) is 6.57. The van der Waals surface area contributed by atoms with Crippen LogP contribution in [0.4, 0.5) is 5.13 Å². The van der Waals surface area contributed by atoms with Crippen molar-refractivity contribution in [3.8, 4) is 0 Å². The van der Waals surface area contributed by atoms with E-state index in [1.54, 1.807) is 0 Å². The predicted molar refractivity (Wildman–Crippen MR) is 68.3 cm³/mol. The molecule has 0 radical (unpaired) electrons. The Kier molecular flexibility index (Phi) is 3.04. The van der Waals surface area contributed by atoms with Gasteiger partial charge in [0.1, 0.15) is 5.60 Å². The van der Waals surface area contributed by atoms with Crippen molar-refractivity contribution in [3.63, 3.8) is 0 Å². The third kappa shape index (κ3) is 2.31. The Morgan fingerprint density at radius 2 is 2.18 bits per heavy atom. The molecule has 5 heteroatoms. The molecule has 2 saturated carbocycles. The molecule has 0 spiro atoms. The van der Waals surface area contributed by atoms with Gasteiger partial charge in [0.2, 0.25) is 5.13 Å². The van der Waals surface area contributed by atoms with Crippen molar-refractivity contribution in [2.75, 3.05) is 11.9 Å². The van der Waals surface area contributed by atoms with Crippen LogP contribution < -0.4 is 5.32 Å². The van der Waals surface area contributed by atoms with Gasteiger partial charge in [-0.25, -0.2) is 4.98 Å². The van der Waals surface area contributed by atoms with Crippen molar-refractivity contribution in [1.82, 2.24) is 9.36 Å². The van der Waals surface area contributed by atoms with Crippen molar-refractivity contribution in [3.05, 3.63) is 5.82 Å². The van der Waals surface area contributed by atoms with Gasteiger partial charge in [0.25, 0.3) is 0 Å². The van der Waals surface area contributed by atoms with Crippen molar-refractivity contribution in [2.24, 2.45) is 0 Å². The van der Waals surface area contributed by atoms with E-state index in [-0.39, 0.29) is 5.60 Å². The highest BCUT2D eigenvalue weighted by Gasteiger charge is 2.40. The first-order valence-corrected chi connectivity index (χ1v) is 7.34. The summed E-state index contributed by atoms with van der Waals surface area (Å²) in [6.07, 6.45) is 7.13. The number of hydrogen-bond donors (Lipinski definition) is 1. The minimum atomic E-state index is -0.186. The van der Waals surface area contributed by atoms with E-state index in [2.05, 4.69) is 21.6 Å². The molecule has 0 bridgehead atoms. The van der Waals surface area contributed by atoms with Crippen molar-refractivity contribution < 1.29 is 4.74 Å². The minimum absolute atomic E-state index is 0.186. The molecule has 1 aromatic rings. The number of rotatable bonds is 5. The lowest BCUT2D eigenvalue weighted by Gasteiger charge is -2.25. The van der Waals surface area contributed by atoms with E-state index in [1.165, 1.54) is 37.2 Å². The number of ether oxygens (including phenoxy) is 1. The second-order valence-electron chi connectivity index (χ2n) is 4.98. The number of aromatic nitrogens is 2. The van der Waals surface area contributed by atoms with E-state index in [9.17, 15) is 0 Å². The number of nitrogens with one attached hydrogen (secondary N) is 1. The molecule has 2 fully saturated rings. The van der Waals surface area contributed by atoms with Crippen LogP contribution in [0.2, 0.25) is 0 Å². The molecule has 0 unspecified atom stereocenters. The summed E-state index contributed by atoms with van der Waals surface area (Å²) in [6.45, 7) is 2.79. The molecule has 3 rings (SSSR count). The van der Waals surface area contributed by atoms with Gasteiger partial charge in [0.05, 0.1) is 0 Å². The Hall–Kier alpha value is -0.680. The van der Waals surface area contributed by atoms with Crippen LogP contribution in [0, 0.1) is 0 Å². The molecule has 1 heterocycles. The summed E-state index contributed by atoms with van der Waals surface area (Å²) in [6, 6.07) is 0.641. The maximum absolute atomic E-state index is 5.96. The van der Waals surface area contributed by atoms with Gasteiger partial charge in [-0.3, -0.25) is 0 Å². The second-order valence-corrected chi connectivity index (χ2v) is 5.73. The van der Waals surface area contributed by atoms with Crippen molar-refractivity contribution >= 4 is 16.7 Å². The Bertz CT molecular complexity index is 383. The molecule has 0 saturated heterocycles. The second kappa shape index (κ2) is 4.53. The number of hydrogen-bond acceptors (Lipinski definition) is 5. The molecule has 0 aliphatic heterocycles. The fraction of sp³-hybridized carbons (Fsp3) is 0.833. The summed E-state index contributed by atoms with van der Waals surface area (Å²) >= 11 is 1.48. The smallest absolute Gasteiger partial charge is 0.202 e. The zero-order valence-electron chi connectivity index (χ0n) is 10.2. The Labute approximate surface area is 106 Å². The average molecular weight is 253 g/mol. The Morgan fingerprint density at radius 1 is 1.41 bits per heavy atom. The molecule has 0 atom stereocenters. The van der Waals surface area contributed by atoms with Crippen LogP contribution in [-0.4, -0.2) is 22.0 Å². The molecule has 94 valence electrons. The lowest BCUT2D eigenvalue weighted by atomic mass is 10.0. The number of nitrogens with zero attached hydrogens (tertiary/aromatic N) is 2. The zero-order chi connectivity index (χ0) is 11.7. The Balaban J connectivity index is 1.77. The predicted octanol–water partition coefficient (Wildman–Crippen LogP) is 2.92. The standard InChI is InChI=1S/C12H19N3OS/c1-2-16-12(7-3-4-8-12)10-14-11(17-15-10)13-9-5-6-9/h9H,2-8H2,1H3,(H,13,14,15). The van der Waals surface area contributed by atoms with E-state index in [0.29, 0.717) is 6.04 Å². The normalized spacial score (nSPS) is 22.9. The minimum Gasteiger partial charge on any atom is -0.367 e. The molecule has 4 nitrogen and oxygen atoms in total. The average Bonchev–Trinajstić information content (AvgIpc) is 2.80. The quantitative estimate of drug-likeness (QED) is 0.876. The molecule has 2 aliphatic rings. The van der Waals surface area contributed by atoms with Crippen LogP contribution in [0.1, 0.15) is 51.3 Å². The third-order valence-corrected chi connectivity index (χ3v) is 4.22. The van der Waals surface area contributed by atoms with E-state index >= 15 is 0 Å². The van der Waals surface area contributed by atoms with E-state index in [4.69, 9.17) is 4.74 Å². The van der Waals surface area contributed by atoms with Crippen molar-refractivity contribution in [1.29, 1.82) is 0 Å². The molecule has 0 aromatic carbocycles. The van der Waals surface area contributed by atoms with Gasteiger partial charge in [-0.15, -0.1) is 0 Å². The van der Waals surface area contributed by atoms with Crippen LogP contribution >= 0.6 is 11.5 Å². The SMILES string of the molecule is CCOC1(c2nsc(NC3CC3)n2)CCCC1. The summed E-state index contributed by atoms with van der Waals surface area (Å²) in [4.78, 5) is 4.63. The van der Waals surface area contributed by atoms with Crippen LogP contribution in [0.25, 0.3) is 0 Å². The molecule has 17 heavy (non-hydrogen) atoms. The molecule has 1 aromatic heterocycles. The fourth-order valence-electron chi connectivity index (χ4n) is 2.52. The largest absolute Gasteiger partial charge is 0.367 e. The first-order chi connectivity index (χ1) is 8.32. The topological polar surface area (TPSA) is 47.0 Å². The first kappa shape index (κ1) is 11.4. The van der Waals surface area contributed by atoms with Gasteiger partial charge in [0, 0.05) is 24.2 Å². The van der Waals surface area contributed by atoms with Gasteiger partial charge in [-0.05, 0) is 45.4 Å². The highest BCUT2D eigenvalue weighted by molar-refractivity contribution is 7.09. The van der Waals surface area contributed by atoms with Gasteiger partial charge in [0.15, 0.2) is 5.82 Å². The van der Waals surface area contributed by atoms with E-state index in [0.717, 1.165) is 30.4 Å². The van der Waals surface area contributed by atoms with Crippen molar-refractivity contribution in [2.45, 2.75) is 57.1 Å². The lowest BCUT2D eigenvalue weighted by Crippen LogP contribution is -2.27. The lowest BCUT2D eigenvalue weighted by molar-refractivity contribution is -0.0447. The van der Waals surface area contributed by atoms with E-state index < -0.39 is 0 Å². The van der Waals surface area contributed by atoms with Crippen LogP contribution in [0.3, 0.4) is 0 Å². The fourth-order valence-corrected chi connectivity index (χ4v) is 3.25. The molecule has 1 N–H and O–H groups in total. The molecule has 0 amide bonds. The number of anilines is 1. The van der Waals surface area contributed by atoms with Crippen LogP contribution in [0.5, 0.6) is 0 Å². The highest BCUT2D eigenvalue weighted by Crippen LogP contribution is 2.41. The monoisotopic (exact) mass is 253 g/mol. The van der Waals surface area contributed by atoms with Gasteiger partial charge < -0.3 is 10.1 Å². The van der Waals surface area contributed by atoms with E-state index in [1.807, 2.05) is 0 Å². The summed E-state index contributed by atoms with van der Waals surface area (Å²) in [5.74, 6) is 0.907. The summed E-state index contributed by atoms with van der Waals surface area (Å²) in [5, 5.41) is 4.37. The zero-order valence-corrected chi connectivity index (χ0v) is 11.1. The van der Waals surface area contributed by atoms with Crippen LogP contribution in [0.15, 0.2) is 0 Å². The highest BCUT2D eigenvalue weighted by atomic mass is 32.1. The van der Waals surface area contributed by atoms with Gasteiger partial charge in [-0.2, -0.15) is 4.37 Å². The van der Waals surface area contributed by atoms with Crippen LogP contribution in [-0.2, 0) is 10.3 Å². The maximum Gasteiger partial charge on any atom is 0.202 e.